The van der Waals surface area contributed by atoms with Gasteiger partial charge in [-0.25, -0.2) is 19.0 Å². The van der Waals surface area contributed by atoms with Crippen molar-refractivity contribution < 1.29 is 38.3 Å². The van der Waals surface area contributed by atoms with Gasteiger partial charge >= 0.3 is 5.97 Å². The van der Waals surface area contributed by atoms with Gasteiger partial charge in [0.1, 0.15) is 11.4 Å². The maximum absolute atomic E-state index is 15.6. The van der Waals surface area contributed by atoms with Crippen molar-refractivity contribution in [3.05, 3.63) is 38.9 Å². The summed E-state index contributed by atoms with van der Waals surface area (Å²) in [4.78, 5) is 38.7. The van der Waals surface area contributed by atoms with Crippen molar-refractivity contribution in [1.29, 1.82) is 0 Å². The molecule has 2 aromatic rings. The number of ether oxygens (including phenoxy) is 3. The van der Waals surface area contributed by atoms with E-state index in [4.69, 9.17) is 35.6 Å². The first-order valence-corrected chi connectivity index (χ1v) is 17.5. The van der Waals surface area contributed by atoms with Crippen LogP contribution in [0.3, 0.4) is 0 Å². The molecule has 2 N–H and O–H groups in total. The number of aromatic nitrogens is 1. The fraction of sp³-hybridized carbons (Fsp3) is 0.706. The van der Waals surface area contributed by atoms with Gasteiger partial charge in [0.2, 0.25) is 11.2 Å². The maximum Gasteiger partial charge on any atom is 0.341 e. The molecule has 256 valence electrons. The van der Waals surface area contributed by atoms with Crippen LogP contribution in [0.2, 0.25) is 5.02 Å². The molecule has 5 aliphatic heterocycles. The van der Waals surface area contributed by atoms with E-state index in [1.54, 1.807) is 4.57 Å². The number of aromatic carboxylic acids is 1. The minimum atomic E-state index is -1.34. The molecule has 5 saturated heterocycles. The molecule has 9 atom stereocenters. The Hall–Kier alpha value is -2.32. The highest BCUT2D eigenvalue weighted by Crippen LogP contribution is 2.60. The third-order valence-corrected chi connectivity index (χ3v) is 12.1. The standard InChI is InChI=1S/C34H43ClFN3O8/c1-17-4-7-24-18(2)31(44-32-34(24)23(17)8-10-33(3,45-32)46-47-34)43-13-11-37-19-9-12-38(15-19)28-25(36)14-21-27(26(28)35)39(20-5-6-20)16-22(29(21)40)30(41)42/h14,16-20,23-24,31-32,37H,4-13,15H2,1-3H3,(H,41,42)/t17-,18-,19?,23+,24+,31+,32-,33-,34-/m1/s1. The summed E-state index contributed by atoms with van der Waals surface area (Å²) in [5, 5.41) is 13.2. The van der Waals surface area contributed by atoms with Crippen LogP contribution in [-0.2, 0) is 24.0 Å². The molecular formula is C34H43ClFN3O8. The molecule has 13 heteroatoms. The number of carboxylic acids is 1. The van der Waals surface area contributed by atoms with Crippen molar-refractivity contribution in [1.82, 2.24) is 9.88 Å². The largest absolute Gasteiger partial charge is 0.477 e. The van der Waals surface area contributed by atoms with Crippen LogP contribution in [0.1, 0.15) is 82.1 Å². The summed E-state index contributed by atoms with van der Waals surface area (Å²) in [6.07, 6.45) is 6.71. The number of rotatable bonds is 8. The van der Waals surface area contributed by atoms with E-state index in [0.717, 1.165) is 51.0 Å². The number of benzene rings is 1. The lowest BCUT2D eigenvalue weighted by atomic mass is 9.58. The quantitative estimate of drug-likeness (QED) is 0.285. The smallest absolute Gasteiger partial charge is 0.341 e. The normalized spacial score (nSPS) is 38.1. The number of pyridine rings is 1. The van der Waals surface area contributed by atoms with Crippen molar-refractivity contribution in [3.63, 3.8) is 0 Å². The van der Waals surface area contributed by atoms with Crippen LogP contribution in [0.25, 0.3) is 10.9 Å². The van der Waals surface area contributed by atoms with Crippen LogP contribution in [0.15, 0.2) is 17.1 Å². The molecule has 11 nitrogen and oxygen atoms in total. The molecule has 0 amide bonds. The van der Waals surface area contributed by atoms with Crippen LogP contribution < -0.4 is 15.6 Å². The second-order valence-electron chi connectivity index (χ2n) is 14.8. The van der Waals surface area contributed by atoms with Crippen molar-refractivity contribution in [2.75, 3.05) is 31.1 Å². The maximum atomic E-state index is 15.6. The lowest BCUT2D eigenvalue weighted by molar-refractivity contribution is -0.577. The summed E-state index contributed by atoms with van der Waals surface area (Å²) in [5.41, 5.74) is -1.09. The third kappa shape index (κ3) is 5.13. The van der Waals surface area contributed by atoms with E-state index < -0.39 is 41.2 Å². The summed E-state index contributed by atoms with van der Waals surface area (Å²) in [7, 11) is 0. The summed E-state index contributed by atoms with van der Waals surface area (Å²) < 4.78 is 36.6. The van der Waals surface area contributed by atoms with E-state index >= 15 is 4.39 Å². The molecule has 1 unspecified atom stereocenters. The molecule has 0 radical (unpaired) electrons. The highest BCUT2D eigenvalue weighted by molar-refractivity contribution is 6.38. The molecule has 6 heterocycles. The van der Waals surface area contributed by atoms with Gasteiger partial charge in [-0.05, 0) is 63.4 Å². The number of halogens is 2. The zero-order chi connectivity index (χ0) is 32.8. The number of nitrogens with one attached hydrogen (secondary N) is 1. The molecular weight excluding hydrogens is 633 g/mol. The Morgan fingerprint density at radius 1 is 1.17 bits per heavy atom. The van der Waals surface area contributed by atoms with Gasteiger partial charge in [0.15, 0.2) is 18.2 Å². The number of hydrogen-bond donors (Lipinski definition) is 2. The fourth-order valence-electron chi connectivity index (χ4n) is 9.15. The first kappa shape index (κ1) is 31.9. The summed E-state index contributed by atoms with van der Waals surface area (Å²) in [6.45, 7) is 8.49. The van der Waals surface area contributed by atoms with Crippen LogP contribution in [0, 0.1) is 29.5 Å². The Kier molecular flexibility index (Phi) is 7.90. The summed E-state index contributed by atoms with van der Waals surface area (Å²) >= 11 is 6.85. The predicted octanol–water partition coefficient (Wildman–Crippen LogP) is 5.22. The van der Waals surface area contributed by atoms with Crippen molar-refractivity contribution >= 4 is 34.2 Å². The molecule has 7 aliphatic rings. The zero-order valence-corrected chi connectivity index (χ0v) is 27.8. The number of hydrogen-bond acceptors (Lipinski definition) is 9. The molecule has 7 fully saturated rings. The van der Waals surface area contributed by atoms with E-state index in [-0.39, 0.29) is 45.6 Å². The second kappa shape index (κ2) is 11.6. The van der Waals surface area contributed by atoms with Crippen molar-refractivity contribution in [3.8, 4) is 0 Å². The molecule has 1 aromatic heterocycles. The summed E-state index contributed by atoms with van der Waals surface area (Å²) in [6, 6.07) is 1.26. The van der Waals surface area contributed by atoms with E-state index in [9.17, 15) is 14.7 Å². The fourth-order valence-corrected chi connectivity index (χ4v) is 9.55. The van der Waals surface area contributed by atoms with Crippen LogP contribution in [0.5, 0.6) is 0 Å². The van der Waals surface area contributed by atoms with Crippen molar-refractivity contribution in [2.24, 2.45) is 23.7 Å². The van der Waals surface area contributed by atoms with Gasteiger partial charge in [0.05, 0.1) is 28.2 Å². The Morgan fingerprint density at radius 2 is 1.98 bits per heavy atom. The Bertz CT molecular complexity index is 1650. The first-order valence-electron chi connectivity index (χ1n) is 17.1. The molecule has 2 saturated carbocycles. The molecule has 2 aliphatic carbocycles. The lowest BCUT2D eigenvalue weighted by Crippen LogP contribution is -2.70. The van der Waals surface area contributed by atoms with Crippen LogP contribution in [0.4, 0.5) is 10.1 Å². The van der Waals surface area contributed by atoms with Crippen LogP contribution in [-0.4, -0.2) is 71.9 Å². The lowest BCUT2D eigenvalue weighted by Gasteiger charge is -2.60. The Labute approximate surface area is 277 Å². The van der Waals surface area contributed by atoms with E-state index in [1.807, 2.05) is 11.8 Å². The highest BCUT2D eigenvalue weighted by atomic mass is 35.5. The molecule has 2 bridgehead atoms. The minimum Gasteiger partial charge on any atom is -0.477 e. The SMILES string of the molecule is C[C@H]1[C@@H](OCCNC2CCN(c3c(F)cc4c(=O)c(C(=O)O)cn(C5CC5)c4c3Cl)C2)O[C@@H]2O[C@@]3(C)CC[C@H]4[C@H](C)CC[C@@H]1[C@@]24OO3. The van der Waals surface area contributed by atoms with E-state index in [2.05, 4.69) is 19.2 Å². The number of carbonyl (C=O) groups is 1. The average Bonchev–Trinajstić information content (AvgIpc) is 3.82. The third-order valence-electron chi connectivity index (χ3n) is 11.8. The van der Waals surface area contributed by atoms with E-state index in [1.165, 1.54) is 6.20 Å². The monoisotopic (exact) mass is 675 g/mol. The number of nitrogens with zero attached hydrogens (tertiary/aromatic N) is 2. The molecule has 9 rings (SSSR count). The molecule has 47 heavy (non-hydrogen) atoms. The van der Waals surface area contributed by atoms with Gasteiger partial charge in [-0.2, -0.15) is 0 Å². The second-order valence-corrected chi connectivity index (χ2v) is 15.1. The van der Waals surface area contributed by atoms with Gasteiger partial charge in [0, 0.05) is 56.2 Å². The van der Waals surface area contributed by atoms with Gasteiger partial charge in [0.25, 0.3) is 0 Å². The Balaban J connectivity index is 0.925. The van der Waals surface area contributed by atoms with Gasteiger partial charge in [-0.15, -0.1) is 0 Å². The summed E-state index contributed by atoms with van der Waals surface area (Å²) in [5.74, 6) is -1.71. The van der Waals surface area contributed by atoms with Gasteiger partial charge < -0.3 is 34.1 Å². The first-order chi connectivity index (χ1) is 22.5. The number of fused-ring (bicyclic) bond motifs is 3. The Morgan fingerprint density at radius 3 is 2.74 bits per heavy atom. The van der Waals surface area contributed by atoms with E-state index in [0.29, 0.717) is 43.6 Å². The number of anilines is 1. The minimum absolute atomic E-state index is 0.00677. The molecule has 1 aromatic carbocycles. The topological polar surface area (TPSA) is 121 Å². The average molecular weight is 676 g/mol. The highest BCUT2D eigenvalue weighted by Gasteiger charge is 2.69. The zero-order valence-electron chi connectivity index (χ0n) is 27.0. The van der Waals surface area contributed by atoms with Gasteiger partial charge in [-0.3, -0.25) is 4.79 Å². The predicted molar refractivity (Wildman–Crippen MR) is 170 cm³/mol. The number of carboxylic acid groups (broad SMARTS) is 1. The van der Waals surface area contributed by atoms with Crippen molar-refractivity contribution in [2.45, 2.75) is 102 Å². The van der Waals surface area contributed by atoms with Gasteiger partial charge in [-0.1, -0.05) is 25.4 Å². The van der Waals surface area contributed by atoms with Crippen LogP contribution >= 0.6 is 11.6 Å². The molecule has 1 spiro atoms.